The van der Waals surface area contributed by atoms with Crippen LogP contribution in [0, 0.1) is 18.8 Å². The fourth-order valence-electron chi connectivity index (χ4n) is 10.6. The molecule has 8 aromatic rings. The van der Waals surface area contributed by atoms with E-state index in [0.717, 1.165) is 74.3 Å². The van der Waals surface area contributed by atoms with E-state index in [0.29, 0.717) is 17.1 Å². The molecule has 1 aliphatic carbocycles. The van der Waals surface area contributed by atoms with Gasteiger partial charge < -0.3 is 23.9 Å². The standard InChI is InChI=1S/C62H55BN5O.Pt/c1-60(2,3)45-28-33-64-58(37-45)68-54-21-12-11-20-50(54)51-26-25-48(39-57(51)68)69-47-19-15-18-46(38-47)66-41-67(56-23-14-13-22-55(56)66)59-49(43-24-27-52-53(36-43)62(6,7)32-31-61(52,4)5)30-35-65-34-29-44(40-63(59)65)42-16-9-8-10-17-42;/h8-30,33-37,40-41H,31-32H2,1-7H3;/q-3;/i8D,9D,10D,16D,17D;. The summed E-state index contributed by atoms with van der Waals surface area (Å²) in [5.41, 5.74) is 12.1. The third-order valence-electron chi connectivity index (χ3n) is 14.5. The zero-order valence-electron chi connectivity index (χ0n) is 45.4. The van der Waals surface area contributed by atoms with Crippen LogP contribution in [-0.4, -0.2) is 21.2 Å². The minimum atomic E-state index is -0.441. The Morgan fingerprint density at radius 2 is 1.44 bits per heavy atom. The topological polar surface area (TPSA) is 36.8 Å². The third kappa shape index (κ3) is 7.83. The van der Waals surface area contributed by atoms with Crippen LogP contribution in [0.1, 0.15) is 96.0 Å². The molecule has 4 aliphatic rings. The Hall–Kier alpha value is -6.82. The smallest absolute Gasteiger partial charge is 0.335 e. The molecule has 0 atom stereocenters. The average Bonchev–Trinajstić information content (AvgIpc) is 3.94. The predicted molar refractivity (Wildman–Crippen MR) is 286 cm³/mol. The first-order valence-corrected chi connectivity index (χ1v) is 23.9. The van der Waals surface area contributed by atoms with Crippen LogP contribution in [0.2, 0.25) is 0 Å². The van der Waals surface area contributed by atoms with Gasteiger partial charge in [-0.05, 0) is 134 Å². The molecule has 0 bridgehead atoms. The van der Waals surface area contributed by atoms with Crippen molar-refractivity contribution in [3.8, 4) is 17.3 Å². The summed E-state index contributed by atoms with van der Waals surface area (Å²) in [5, 5.41) is 2.15. The van der Waals surface area contributed by atoms with E-state index in [2.05, 4.69) is 172 Å². The van der Waals surface area contributed by atoms with Crippen LogP contribution in [0.25, 0.3) is 38.8 Å². The van der Waals surface area contributed by atoms with Gasteiger partial charge in [-0.2, -0.15) is 12.1 Å². The van der Waals surface area contributed by atoms with Crippen molar-refractivity contribution < 1.29 is 32.7 Å². The molecule has 0 N–H and O–H groups in total. The van der Waals surface area contributed by atoms with Crippen molar-refractivity contribution in [1.82, 2.24) is 14.4 Å². The maximum absolute atomic E-state index is 8.96. The number of pyridine rings is 1. The molecular weight excluding hydrogens is 1040 g/mol. The quantitative estimate of drug-likeness (QED) is 0.117. The number of benzene rings is 6. The largest absolute Gasteiger partial charge is 0.509 e. The fraction of sp³-hybridized carbons (Fsp3) is 0.194. The van der Waals surface area contributed by atoms with Gasteiger partial charge in [-0.15, -0.1) is 48.1 Å². The molecule has 0 fully saturated rings. The summed E-state index contributed by atoms with van der Waals surface area (Å²) in [7, 11) is 0. The van der Waals surface area contributed by atoms with E-state index in [1.54, 1.807) is 0 Å². The molecule has 3 aliphatic heterocycles. The van der Waals surface area contributed by atoms with Crippen LogP contribution in [0.15, 0.2) is 182 Å². The minimum Gasteiger partial charge on any atom is -0.509 e. The second kappa shape index (κ2) is 17.2. The first kappa shape index (κ1) is 40.0. The van der Waals surface area contributed by atoms with Crippen LogP contribution in [-0.2, 0) is 37.3 Å². The summed E-state index contributed by atoms with van der Waals surface area (Å²) >= 11 is 0. The molecule has 0 amide bonds. The number of ether oxygens (including phenoxy) is 1. The number of allylic oxidation sites excluding steroid dienone is 4. The molecule has 70 heavy (non-hydrogen) atoms. The normalized spacial score (nSPS) is 17.8. The maximum Gasteiger partial charge on any atom is 0.335 e. The summed E-state index contributed by atoms with van der Waals surface area (Å²) in [5.74, 6) is 3.91. The second-order valence-corrected chi connectivity index (χ2v) is 20.9. The first-order chi connectivity index (χ1) is 35.4. The monoisotopic (exact) mass is 1100 g/mol. The molecule has 350 valence electrons. The molecule has 0 saturated carbocycles. The van der Waals surface area contributed by atoms with Gasteiger partial charge in [-0.3, -0.25) is 0 Å². The van der Waals surface area contributed by atoms with Gasteiger partial charge >= 0.3 is 6.85 Å². The fourth-order valence-corrected chi connectivity index (χ4v) is 10.6. The van der Waals surface area contributed by atoms with Crippen molar-refractivity contribution in [3.63, 3.8) is 0 Å². The van der Waals surface area contributed by atoms with E-state index in [9.17, 15) is 0 Å². The van der Waals surface area contributed by atoms with Gasteiger partial charge in [0.15, 0.2) is 0 Å². The molecule has 0 unspecified atom stereocenters. The Morgan fingerprint density at radius 1 is 0.714 bits per heavy atom. The number of aromatic nitrogens is 2. The minimum absolute atomic E-state index is 0. The number of para-hydroxylation sites is 3. The number of hydrogen-bond acceptors (Lipinski definition) is 5. The molecule has 6 aromatic carbocycles. The molecule has 0 radical (unpaired) electrons. The maximum atomic E-state index is 8.96. The average molecular weight is 1100 g/mol. The van der Waals surface area contributed by atoms with E-state index >= 15 is 0 Å². The predicted octanol–water partition coefficient (Wildman–Crippen LogP) is 15.2. The van der Waals surface area contributed by atoms with E-state index in [1.807, 2.05) is 60.8 Å². The molecular formula is C62H55BN5OPt-3. The molecule has 2 aromatic heterocycles. The molecule has 6 nitrogen and oxygen atoms in total. The van der Waals surface area contributed by atoms with Crippen molar-refractivity contribution in [3.05, 3.63) is 228 Å². The summed E-state index contributed by atoms with van der Waals surface area (Å²) in [6.45, 7) is 17.7. The molecule has 8 heteroatoms. The van der Waals surface area contributed by atoms with Crippen LogP contribution >= 0.6 is 0 Å². The molecule has 5 heterocycles. The number of fused-ring (bicyclic) bond motifs is 6. The second-order valence-electron chi connectivity index (χ2n) is 20.9. The Balaban J connectivity index is 0.00000602. The van der Waals surface area contributed by atoms with Gasteiger partial charge in [0.05, 0.1) is 6.85 Å². The number of rotatable bonds is 7. The Labute approximate surface area is 434 Å². The molecule has 0 spiro atoms. The van der Waals surface area contributed by atoms with Crippen molar-refractivity contribution >= 4 is 56.9 Å². The van der Waals surface area contributed by atoms with E-state index < -0.39 is 12.9 Å². The van der Waals surface area contributed by atoms with E-state index in [1.165, 1.54) is 16.7 Å². The summed E-state index contributed by atoms with van der Waals surface area (Å²) in [6, 6.07) is 43.4. The van der Waals surface area contributed by atoms with E-state index in [-0.39, 0.29) is 67.0 Å². The first-order valence-electron chi connectivity index (χ1n) is 26.4. The zero-order valence-corrected chi connectivity index (χ0v) is 42.7. The van der Waals surface area contributed by atoms with Gasteiger partial charge in [-0.25, -0.2) is 4.98 Å². The molecule has 12 rings (SSSR count). The van der Waals surface area contributed by atoms with Gasteiger partial charge in [-0.1, -0.05) is 139 Å². The van der Waals surface area contributed by atoms with Crippen molar-refractivity contribution in [2.24, 2.45) is 0 Å². The number of anilines is 3. The number of nitrogens with zero attached hydrogens (tertiary/aromatic N) is 5. The van der Waals surface area contributed by atoms with Crippen molar-refractivity contribution in [2.45, 2.75) is 77.6 Å². The number of hydrogen-bond donors (Lipinski definition) is 0. The zero-order chi connectivity index (χ0) is 51.6. The Kier molecular flexibility index (Phi) is 9.85. The Bertz CT molecular complexity index is 3770. The SMILES string of the molecule is [2H]c1c([2H])c([2H])c(C2=CB3C(N4[CH-]N(c5[c-]c(Oc6[c-]c7c(cc6)c6ccccc6n7-c6cc(C(C)(C)C)ccn6)ccc5)c5ccccc54)=C(c4ccc5c(c4)C(C)(C)CCC5(C)C)C=CN3C=C2)c([2H])c1[2H].[Pt]. The van der Waals surface area contributed by atoms with Gasteiger partial charge in [0.25, 0.3) is 0 Å². The van der Waals surface area contributed by atoms with Crippen molar-refractivity contribution in [2.75, 3.05) is 9.80 Å². The van der Waals surface area contributed by atoms with Crippen LogP contribution in [0.3, 0.4) is 0 Å². The van der Waals surface area contributed by atoms with Gasteiger partial charge in [0.2, 0.25) is 0 Å². The Morgan fingerprint density at radius 3 is 2.24 bits per heavy atom. The van der Waals surface area contributed by atoms with Crippen LogP contribution < -0.4 is 14.5 Å². The summed E-state index contributed by atoms with van der Waals surface area (Å²) in [4.78, 5) is 11.3. The van der Waals surface area contributed by atoms with Gasteiger partial charge in [0.1, 0.15) is 5.82 Å². The van der Waals surface area contributed by atoms with Gasteiger partial charge in [0, 0.05) is 55.7 Å². The van der Waals surface area contributed by atoms with Crippen molar-refractivity contribution in [1.29, 1.82) is 0 Å². The van der Waals surface area contributed by atoms with Crippen LogP contribution in [0.4, 0.5) is 17.1 Å². The third-order valence-corrected chi connectivity index (χ3v) is 14.5. The summed E-state index contributed by atoms with van der Waals surface area (Å²) < 4.78 is 52.2. The summed E-state index contributed by atoms with van der Waals surface area (Å²) in [6.07, 6.45) is 12.1. The van der Waals surface area contributed by atoms with Crippen LogP contribution in [0.5, 0.6) is 11.5 Å². The molecule has 0 saturated heterocycles. The van der Waals surface area contributed by atoms with E-state index in [4.69, 9.17) is 16.6 Å².